The van der Waals surface area contributed by atoms with Crippen molar-refractivity contribution in [3.05, 3.63) is 66.0 Å². The van der Waals surface area contributed by atoms with Crippen LogP contribution in [0.5, 0.6) is 0 Å². The molecule has 0 fully saturated rings. The van der Waals surface area contributed by atoms with Gasteiger partial charge in [0.25, 0.3) is 0 Å². The Morgan fingerprint density at radius 2 is 1.76 bits per heavy atom. The minimum absolute atomic E-state index is 0.170. The van der Waals surface area contributed by atoms with Crippen molar-refractivity contribution in [3.63, 3.8) is 0 Å². The average molecular weight is 355 g/mol. The zero-order chi connectivity index (χ0) is 17.9. The Balaban J connectivity index is 1.66. The first kappa shape index (κ1) is 17.4. The summed E-state index contributed by atoms with van der Waals surface area (Å²) in [6, 6.07) is 15.5. The summed E-state index contributed by atoms with van der Waals surface area (Å²) in [5, 5.41) is 3.50. The standard InChI is InChI=1S/C19H18FN3OS/c1-19(2)22-17(13-6-4-3-5-7-13)18(23-19)25-12-16(24)21-15-10-8-14(20)9-11-15/h3-11H,12H2,1-2H3,(H,21,24). The van der Waals surface area contributed by atoms with Crippen LogP contribution in [0.15, 0.2) is 64.6 Å². The molecule has 3 rings (SSSR count). The molecule has 25 heavy (non-hydrogen) atoms. The van der Waals surface area contributed by atoms with Crippen molar-refractivity contribution in [2.45, 2.75) is 19.5 Å². The van der Waals surface area contributed by atoms with Crippen molar-refractivity contribution in [1.82, 2.24) is 0 Å². The Bertz CT molecular complexity index is 830. The van der Waals surface area contributed by atoms with Gasteiger partial charge in [-0.25, -0.2) is 9.38 Å². The van der Waals surface area contributed by atoms with Gasteiger partial charge in [-0.05, 0) is 38.1 Å². The molecule has 2 aromatic rings. The van der Waals surface area contributed by atoms with E-state index in [1.807, 2.05) is 44.2 Å². The molecule has 0 saturated carbocycles. The summed E-state index contributed by atoms with van der Waals surface area (Å²) in [5.74, 6) is -0.298. The van der Waals surface area contributed by atoms with Crippen LogP contribution in [0.2, 0.25) is 0 Å². The molecule has 0 radical (unpaired) electrons. The average Bonchev–Trinajstić information content (AvgIpc) is 2.91. The predicted octanol–water partition coefficient (Wildman–Crippen LogP) is 4.13. The zero-order valence-corrected chi connectivity index (χ0v) is 14.8. The van der Waals surface area contributed by atoms with E-state index in [1.165, 1.54) is 36.0 Å². The van der Waals surface area contributed by atoms with Gasteiger partial charge in [-0.2, -0.15) is 0 Å². The highest BCUT2D eigenvalue weighted by Crippen LogP contribution is 2.26. The lowest BCUT2D eigenvalue weighted by molar-refractivity contribution is -0.113. The molecule has 0 saturated heterocycles. The minimum Gasteiger partial charge on any atom is -0.325 e. The largest absolute Gasteiger partial charge is 0.325 e. The first-order valence-electron chi connectivity index (χ1n) is 7.87. The molecule has 1 amide bonds. The molecule has 1 N–H and O–H groups in total. The molecule has 0 spiro atoms. The van der Waals surface area contributed by atoms with Crippen LogP contribution in [-0.2, 0) is 4.79 Å². The fourth-order valence-corrected chi connectivity index (χ4v) is 3.32. The fraction of sp³-hybridized carbons (Fsp3) is 0.211. The third-order valence-corrected chi connectivity index (χ3v) is 4.44. The van der Waals surface area contributed by atoms with E-state index in [0.29, 0.717) is 5.69 Å². The lowest BCUT2D eigenvalue weighted by Crippen LogP contribution is -2.17. The molecular weight excluding hydrogens is 337 g/mol. The van der Waals surface area contributed by atoms with E-state index in [4.69, 9.17) is 0 Å². The molecule has 1 aliphatic heterocycles. The molecule has 1 heterocycles. The molecule has 6 heteroatoms. The number of halogens is 1. The number of nitrogens with one attached hydrogen (secondary N) is 1. The third kappa shape index (κ3) is 4.54. The van der Waals surface area contributed by atoms with Crippen LogP contribution in [0.1, 0.15) is 19.4 Å². The van der Waals surface area contributed by atoms with Crippen LogP contribution >= 0.6 is 11.8 Å². The van der Waals surface area contributed by atoms with Gasteiger partial charge < -0.3 is 5.32 Å². The number of carbonyl (C=O) groups excluding carboxylic acids is 1. The number of carbonyl (C=O) groups is 1. The summed E-state index contributed by atoms with van der Waals surface area (Å²) in [5.41, 5.74) is 1.84. The maximum Gasteiger partial charge on any atom is 0.234 e. The summed E-state index contributed by atoms with van der Waals surface area (Å²) in [6.45, 7) is 3.87. The molecule has 0 unspecified atom stereocenters. The monoisotopic (exact) mass is 355 g/mol. The van der Waals surface area contributed by atoms with Crippen molar-refractivity contribution in [2.75, 3.05) is 11.1 Å². The summed E-state index contributed by atoms with van der Waals surface area (Å²) in [6.07, 6.45) is 0. The van der Waals surface area contributed by atoms with Crippen LogP contribution in [0.25, 0.3) is 0 Å². The van der Waals surface area contributed by atoms with E-state index < -0.39 is 5.66 Å². The zero-order valence-electron chi connectivity index (χ0n) is 14.0. The molecule has 1 aliphatic rings. The van der Waals surface area contributed by atoms with E-state index in [2.05, 4.69) is 15.3 Å². The maximum atomic E-state index is 12.9. The second-order valence-electron chi connectivity index (χ2n) is 6.08. The topological polar surface area (TPSA) is 53.8 Å². The molecule has 0 atom stereocenters. The number of benzene rings is 2. The van der Waals surface area contributed by atoms with Gasteiger partial charge in [0.05, 0.1) is 11.5 Å². The van der Waals surface area contributed by atoms with Crippen molar-refractivity contribution < 1.29 is 9.18 Å². The Morgan fingerprint density at radius 3 is 2.44 bits per heavy atom. The van der Waals surface area contributed by atoms with Gasteiger partial charge in [-0.3, -0.25) is 9.79 Å². The van der Waals surface area contributed by atoms with Gasteiger partial charge in [0, 0.05) is 11.3 Å². The van der Waals surface area contributed by atoms with Gasteiger partial charge in [0.1, 0.15) is 16.5 Å². The van der Waals surface area contributed by atoms with Crippen LogP contribution in [0, 0.1) is 5.82 Å². The second-order valence-corrected chi connectivity index (χ2v) is 7.05. The highest BCUT2D eigenvalue weighted by molar-refractivity contribution is 8.16. The van der Waals surface area contributed by atoms with Crippen molar-refractivity contribution >= 4 is 34.1 Å². The summed E-state index contributed by atoms with van der Waals surface area (Å²) in [7, 11) is 0. The predicted molar refractivity (Wildman–Crippen MR) is 102 cm³/mol. The first-order chi connectivity index (χ1) is 11.9. The van der Waals surface area contributed by atoms with Crippen molar-refractivity contribution in [1.29, 1.82) is 0 Å². The molecule has 0 bridgehead atoms. The van der Waals surface area contributed by atoms with Crippen molar-refractivity contribution in [2.24, 2.45) is 9.98 Å². The van der Waals surface area contributed by atoms with E-state index >= 15 is 0 Å². The summed E-state index contributed by atoms with van der Waals surface area (Å²) >= 11 is 1.35. The van der Waals surface area contributed by atoms with E-state index in [1.54, 1.807) is 0 Å². The van der Waals surface area contributed by atoms with E-state index in [0.717, 1.165) is 16.3 Å². The van der Waals surface area contributed by atoms with E-state index in [9.17, 15) is 9.18 Å². The van der Waals surface area contributed by atoms with Crippen LogP contribution in [-0.4, -0.2) is 28.1 Å². The van der Waals surface area contributed by atoms with Gasteiger partial charge in [0.2, 0.25) is 5.91 Å². The highest BCUT2D eigenvalue weighted by Gasteiger charge is 2.28. The number of aliphatic imine (C=N–C) groups is 2. The Labute approximate surface area is 150 Å². The van der Waals surface area contributed by atoms with Crippen LogP contribution in [0.4, 0.5) is 10.1 Å². The fourth-order valence-electron chi connectivity index (χ4n) is 2.40. The Hall–Kier alpha value is -2.47. The number of anilines is 1. The SMILES string of the molecule is CC1(C)N=C(SCC(=O)Nc2ccc(F)cc2)C(c2ccccc2)=N1. The van der Waals surface area contributed by atoms with Gasteiger partial charge >= 0.3 is 0 Å². The summed E-state index contributed by atoms with van der Waals surface area (Å²) < 4.78 is 12.9. The normalized spacial score (nSPS) is 15.5. The third-order valence-electron chi connectivity index (χ3n) is 3.48. The number of amides is 1. The van der Waals surface area contributed by atoms with Crippen molar-refractivity contribution in [3.8, 4) is 0 Å². The molecule has 128 valence electrons. The van der Waals surface area contributed by atoms with Gasteiger partial charge in [-0.15, -0.1) is 0 Å². The Morgan fingerprint density at radius 1 is 1.08 bits per heavy atom. The highest BCUT2D eigenvalue weighted by atomic mass is 32.2. The molecular formula is C19H18FN3OS. The summed E-state index contributed by atoms with van der Waals surface area (Å²) in [4.78, 5) is 21.4. The first-order valence-corrected chi connectivity index (χ1v) is 8.85. The number of rotatable bonds is 4. The van der Waals surface area contributed by atoms with E-state index in [-0.39, 0.29) is 17.5 Å². The molecule has 4 nitrogen and oxygen atoms in total. The molecule has 2 aromatic carbocycles. The van der Waals surface area contributed by atoms with Gasteiger partial charge in [-0.1, -0.05) is 42.1 Å². The van der Waals surface area contributed by atoms with Crippen LogP contribution < -0.4 is 5.32 Å². The molecule has 0 aromatic heterocycles. The van der Waals surface area contributed by atoms with Crippen LogP contribution in [0.3, 0.4) is 0 Å². The quantitative estimate of drug-likeness (QED) is 0.896. The lowest BCUT2D eigenvalue weighted by Gasteiger charge is -2.07. The molecule has 0 aliphatic carbocycles. The second kappa shape index (κ2) is 7.19. The van der Waals surface area contributed by atoms with Gasteiger partial charge in [0.15, 0.2) is 0 Å². The smallest absolute Gasteiger partial charge is 0.234 e. The minimum atomic E-state index is -0.527. The Kier molecular flexibility index (Phi) is 4.99. The lowest BCUT2D eigenvalue weighted by atomic mass is 10.1. The number of hydrogen-bond acceptors (Lipinski definition) is 4. The number of hydrogen-bond donors (Lipinski definition) is 1. The maximum absolute atomic E-state index is 12.9. The number of thioether (sulfide) groups is 1. The number of nitrogens with zero attached hydrogens (tertiary/aromatic N) is 2.